The van der Waals surface area contributed by atoms with Crippen LogP contribution >= 0.6 is 17.2 Å². The smallest absolute Gasteiger partial charge is 0.0776 e. The zero-order valence-electron chi connectivity index (χ0n) is 28.3. The molecule has 8 saturated carbocycles. The largest absolute Gasteiger partial charge is 0.313 e. The average molecular weight is 649 g/mol. The van der Waals surface area contributed by atoms with Gasteiger partial charge in [0.2, 0.25) is 0 Å². The van der Waals surface area contributed by atoms with Gasteiger partial charge in [-0.15, -0.1) is 9.24 Å². The lowest BCUT2D eigenvalue weighted by molar-refractivity contribution is 0.0184. The topological polar surface area (TPSA) is 24.1 Å². The van der Waals surface area contributed by atoms with E-state index in [-0.39, 0.29) is 13.1 Å². The Hall–Kier alpha value is 0.217. The summed E-state index contributed by atoms with van der Waals surface area (Å²) in [5.74, 6) is 6.42. The van der Waals surface area contributed by atoms with Crippen molar-refractivity contribution in [3.05, 3.63) is 29.3 Å². The lowest BCUT2D eigenvalue weighted by Crippen LogP contribution is -2.57. The Labute approximate surface area is 274 Å². The van der Waals surface area contributed by atoms with E-state index in [1.54, 1.807) is 87.8 Å². The monoisotopic (exact) mass is 648 g/mol. The van der Waals surface area contributed by atoms with E-state index >= 15 is 0 Å². The van der Waals surface area contributed by atoms with Crippen molar-refractivity contribution >= 4 is 30.4 Å². The number of benzene rings is 1. The van der Waals surface area contributed by atoms with Crippen LogP contribution < -0.4 is 15.8 Å². The van der Waals surface area contributed by atoms with Crippen molar-refractivity contribution in [1.29, 1.82) is 0 Å². The highest BCUT2D eigenvalue weighted by Crippen LogP contribution is 2.79. The van der Waals surface area contributed by atoms with Gasteiger partial charge in [-0.3, -0.25) is 0 Å². The zero-order valence-corrected chi connectivity index (χ0v) is 31.4. The first-order chi connectivity index (χ1) is 21.1. The summed E-state index contributed by atoms with van der Waals surface area (Å²) in [5.41, 5.74) is 3.57. The molecule has 5 heteroatoms. The molecule has 3 atom stereocenters. The third kappa shape index (κ3) is 4.88. The van der Waals surface area contributed by atoms with Crippen molar-refractivity contribution in [1.82, 2.24) is 10.6 Å². The maximum Gasteiger partial charge on any atom is 0.0776 e. The quantitative estimate of drug-likeness (QED) is 0.218. The van der Waals surface area contributed by atoms with Crippen LogP contribution in [0.5, 0.6) is 0 Å². The minimum atomic E-state index is -1.44. The molecule has 10 fully saturated rings. The SMILES string of the molecule is C[Si](C)(C)c1ccc(CP(C23CC4CC(CC(C4)C2)C3)C23CC4CC(CC(C4)C2)C3)c(C(P)(C2CCCN2)C2CCCN2)c1. The predicted molar refractivity (Wildman–Crippen MR) is 195 cm³/mol. The molecule has 3 unspecified atom stereocenters. The molecule has 0 aromatic heterocycles. The maximum atomic E-state index is 4.08. The van der Waals surface area contributed by atoms with E-state index in [9.17, 15) is 0 Å². The summed E-state index contributed by atoms with van der Waals surface area (Å²) in [6, 6.07) is 9.37. The Morgan fingerprint density at radius 3 is 1.52 bits per heavy atom. The molecule has 0 spiro atoms. The Bertz CT molecular complexity index is 1130. The van der Waals surface area contributed by atoms with Crippen LogP contribution in [0.2, 0.25) is 19.6 Å². The molecule has 2 N–H and O–H groups in total. The molecular weight excluding hydrogens is 586 g/mol. The first-order valence-electron chi connectivity index (χ1n) is 19.3. The van der Waals surface area contributed by atoms with Crippen LogP contribution in [0, 0.1) is 35.5 Å². The van der Waals surface area contributed by atoms with Gasteiger partial charge in [-0.25, -0.2) is 0 Å². The van der Waals surface area contributed by atoms with Gasteiger partial charge in [0.15, 0.2) is 0 Å². The molecule has 11 rings (SSSR count). The minimum absolute atomic E-state index is 0.0493. The summed E-state index contributed by atoms with van der Waals surface area (Å²) >= 11 is 0. The van der Waals surface area contributed by atoms with Crippen molar-refractivity contribution in [2.45, 2.75) is 156 Å². The van der Waals surface area contributed by atoms with Crippen LogP contribution in [0.1, 0.15) is 114 Å². The molecule has 1 aromatic rings. The number of hydrogen-bond acceptors (Lipinski definition) is 2. The van der Waals surface area contributed by atoms with Crippen LogP contribution in [0.25, 0.3) is 0 Å². The molecule has 1 aromatic carbocycles. The summed E-state index contributed by atoms with van der Waals surface area (Å²) in [7, 11) is 2.12. The molecule has 242 valence electrons. The molecule has 2 heterocycles. The van der Waals surface area contributed by atoms with E-state index in [1.807, 2.05) is 5.56 Å². The molecule has 2 nitrogen and oxygen atoms in total. The fourth-order valence-electron chi connectivity index (χ4n) is 14.2. The van der Waals surface area contributed by atoms with E-state index < -0.39 is 8.07 Å². The number of rotatable bonds is 8. The Kier molecular flexibility index (Phi) is 7.48. The van der Waals surface area contributed by atoms with Gasteiger partial charge in [-0.05, 0) is 179 Å². The second kappa shape index (κ2) is 10.9. The van der Waals surface area contributed by atoms with Crippen molar-refractivity contribution < 1.29 is 0 Å². The van der Waals surface area contributed by atoms with E-state index in [4.69, 9.17) is 0 Å². The molecule has 10 aliphatic rings. The molecule has 2 aliphatic heterocycles. The summed E-state index contributed by atoms with van der Waals surface area (Å²) < 4.78 is 0. The second-order valence-electron chi connectivity index (χ2n) is 19.2. The lowest BCUT2D eigenvalue weighted by Gasteiger charge is -2.67. The summed E-state index contributed by atoms with van der Waals surface area (Å²) in [6.45, 7) is 10.1. The van der Waals surface area contributed by atoms with Crippen LogP contribution in [-0.2, 0) is 11.3 Å². The summed E-state index contributed by atoms with van der Waals surface area (Å²) in [5, 5.41) is 11.4. The second-order valence-corrected chi connectivity index (χ2v) is 28.3. The normalized spacial score (nSPS) is 46.1. The van der Waals surface area contributed by atoms with E-state index in [1.165, 1.54) is 44.9 Å². The average Bonchev–Trinajstić information content (AvgIpc) is 3.69. The first-order valence-corrected chi connectivity index (χ1v) is 24.9. The molecule has 8 aliphatic carbocycles. The van der Waals surface area contributed by atoms with Gasteiger partial charge >= 0.3 is 0 Å². The molecule has 2 saturated heterocycles. The van der Waals surface area contributed by atoms with Crippen LogP contribution in [-0.4, -0.2) is 43.6 Å². The van der Waals surface area contributed by atoms with Crippen molar-refractivity contribution in [2.75, 3.05) is 13.1 Å². The Morgan fingerprint density at radius 2 is 1.16 bits per heavy atom. The molecule has 8 bridgehead atoms. The van der Waals surface area contributed by atoms with Gasteiger partial charge in [-0.2, -0.15) is 0 Å². The van der Waals surface area contributed by atoms with E-state index in [0.717, 1.165) is 35.5 Å². The van der Waals surface area contributed by atoms with Gasteiger partial charge < -0.3 is 10.6 Å². The summed E-state index contributed by atoms with van der Waals surface area (Å²) in [6.07, 6.45) is 26.1. The highest BCUT2D eigenvalue weighted by atomic mass is 31.1. The molecule has 0 amide bonds. The minimum Gasteiger partial charge on any atom is -0.313 e. The third-order valence-electron chi connectivity index (χ3n) is 15.2. The van der Waals surface area contributed by atoms with Gasteiger partial charge in [0.1, 0.15) is 0 Å². The Balaban J connectivity index is 1.19. The van der Waals surface area contributed by atoms with Crippen molar-refractivity contribution in [3.8, 4) is 0 Å². The molecule has 0 radical (unpaired) electrons. The van der Waals surface area contributed by atoms with Crippen LogP contribution in [0.4, 0.5) is 0 Å². The predicted octanol–water partition coefficient (Wildman–Crippen LogP) is 8.73. The molecular formula is C39H62N2P2Si. The first kappa shape index (κ1) is 30.3. The Morgan fingerprint density at radius 1 is 0.727 bits per heavy atom. The van der Waals surface area contributed by atoms with Gasteiger partial charge in [0.25, 0.3) is 0 Å². The fraction of sp³-hybridized carbons (Fsp3) is 0.846. The summed E-state index contributed by atoms with van der Waals surface area (Å²) in [4.78, 5) is 0. The highest BCUT2D eigenvalue weighted by molar-refractivity contribution is 7.60. The maximum absolute atomic E-state index is 4.08. The number of nitrogens with one attached hydrogen (secondary N) is 2. The fourth-order valence-corrected chi connectivity index (χ4v) is 21.4. The molecule has 44 heavy (non-hydrogen) atoms. The van der Waals surface area contributed by atoms with Crippen LogP contribution in [0.3, 0.4) is 0 Å². The standard InChI is InChI=1S/C39H62N2P2Si/c1-44(2,3)33-9-8-32(34(18-33)39(42,35-6-4-10-40-35)36-7-5-11-41-36)25-43(37-19-26-12-27(20-37)14-28(13-26)21-37)38-22-29-15-30(23-38)17-31(16-29)24-38/h8-9,18,26-31,35-36,40-41H,4-7,10-17,19-25,42H2,1-3H3. The highest BCUT2D eigenvalue weighted by Gasteiger charge is 2.62. The lowest BCUT2D eigenvalue weighted by atomic mass is 9.55. The van der Waals surface area contributed by atoms with Gasteiger partial charge in [0, 0.05) is 17.2 Å². The van der Waals surface area contributed by atoms with Crippen LogP contribution in [0.15, 0.2) is 18.2 Å². The van der Waals surface area contributed by atoms with Crippen molar-refractivity contribution in [2.24, 2.45) is 35.5 Å². The number of hydrogen-bond donors (Lipinski definition) is 2. The van der Waals surface area contributed by atoms with Gasteiger partial charge in [0.05, 0.1) is 8.07 Å². The van der Waals surface area contributed by atoms with Gasteiger partial charge in [-0.1, -0.05) is 50.9 Å². The van der Waals surface area contributed by atoms with Crippen molar-refractivity contribution in [3.63, 3.8) is 0 Å². The zero-order chi connectivity index (χ0) is 29.9. The van der Waals surface area contributed by atoms with E-state index in [2.05, 4.69) is 57.7 Å². The van der Waals surface area contributed by atoms with E-state index in [0.29, 0.717) is 22.4 Å². The third-order valence-corrected chi connectivity index (χ3v) is 22.4.